The lowest BCUT2D eigenvalue weighted by molar-refractivity contribution is -0.124. The number of carbonyl (C=O) groups excluding carboxylic acids is 1. The van der Waals surface area contributed by atoms with Crippen LogP contribution in [0.25, 0.3) is 0 Å². The summed E-state index contributed by atoms with van der Waals surface area (Å²) in [5.41, 5.74) is 0. The third kappa shape index (κ3) is 2.62. The molecule has 0 aromatic heterocycles. The van der Waals surface area contributed by atoms with Crippen molar-refractivity contribution in [2.24, 2.45) is 5.92 Å². The third-order valence-corrected chi connectivity index (χ3v) is 2.32. The van der Waals surface area contributed by atoms with Crippen molar-refractivity contribution < 1.29 is 4.79 Å². The first kappa shape index (κ1) is 8.72. The topological polar surface area (TPSA) is 29.1 Å². The van der Waals surface area contributed by atoms with Gasteiger partial charge in [0, 0.05) is 18.9 Å². The molecule has 0 heterocycles. The van der Waals surface area contributed by atoms with E-state index in [1.165, 1.54) is 6.42 Å². The molecule has 1 aliphatic rings. The summed E-state index contributed by atoms with van der Waals surface area (Å²) in [4.78, 5) is 11.3. The number of Topliss-reactive ketones (excluding diaryl/α,β-unsaturated/α-hetero) is 1. The van der Waals surface area contributed by atoms with Crippen LogP contribution >= 0.6 is 0 Å². The monoisotopic (exact) mass is 155 g/mol. The molecule has 2 heteroatoms. The molecule has 0 spiro atoms. The molecule has 1 aliphatic carbocycles. The minimum atomic E-state index is 0.323. The maximum Gasteiger partial charge on any atom is 0.137 e. The van der Waals surface area contributed by atoms with Crippen LogP contribution in [0.3, 0.4) is 0 Å². The van der Waals surface area contributed by atoms with Crippen LogP contribution in [0.15, 0.2) is 0 Å². The zero-order chi connectivity index (χ0) is 8.10. The summed E-state index contributed by atoms with van der Waals surface area (Å²) in [6.45, 7) is 3.95. The van der Waals surface area contributed by atoms with Gasteiger partial charge in [-0.25, -0.2) is 0 Å². The van der Waals surface area contributed by atoms with E-state index in [-0.39, 0.29) is 0 Å². The number of hydrogen-bond acceptors (Lipinski definition) is 2. The van der Waals surface area contributed by atoms with Crippen LogP contribution in [0.4, 0.5) is 0 Å². The van der Waals surface area contributed by atoms with E-state index >= 15 is 0 Å². The molecular weight excluding hydrogens is 138 g/mol. The predicted molar refractivity (Wildman–Crippen MR) is 45.5 cm³/mol. The summed E-state index contributed by atoms with van der Waals surface area (Å²) in [7, 11) is 0. The van der Waals surface area contributed by atoms with Gasteiger partial charge in [0.1, 0.15) is 5.78 Å². The second-order valence-electron chi connectivity index (χ2n) is 3.22. The average molecular weight is 155 g/mol. The fourth-order valence-electron chi connectivity index (χ4n) is 1.59. The zero-order valence-corrected chi connectivity index (χ0v) is 7.23. The summed E-state index contributed by atoms with van der Waals surface area (Å²) in [6.07, 6.45) is 4.27. The van der Waals surface area contributed by atoms with Crippen molar-refractivity contribution in [1.29, 1.82) is 0 Å². The SMILES string of the molecule is CCNC[C@@H]1CCCCC1=O. The first-order chi connectivity index (χ1) is 5.34. The standard InChI is InChI=1S/C9H17NO/c1-2-10-7-8-5-3-4-6-9(8)11/h8,10H,2-7H2,1H3/t8-/m0/s1. The number of rotatable bonds is 3. The van der Waals surface area contributed by atoms with Crippen molar-refractivity contribution in [2.75, 3.05) is 13.1 Å². The average Bonchev–Trinajstić information content (AvgIpc) is 2.03. The fourth-order valence-corrected chi connectivity index (χ4v) is 1.59. The maximum absolute atomic E-state index is 11.3. The minimum absolute atomic E-state index is 0.323. The van der Waals surface area contributed by atoms with Crippen molar-refractivity contribution in [1.82, 2.24) is 5.32 Å². The molecule has 0 radical (unpaired) electrons. The van der Waals surface area contributed by atoms with Gasteiger partial charge in [0.15, 0.2) is 0 Å². The van der Waals surface area contributed by atoms with Gasteiger partial charge in [-0.3, -0.25) is 4.79 Å². The Bertz CT molecular complexity index is 134. The minimum Gasteiger partial charge on any atom is -0.316 e. The summed E-state index contributed by atoms with van der Waals surface area (Å²) in [6, 6.07) is 0. The highest BCUT2D eigenvalue weighted by Crippen LogP contribution is 2.19. The number of ketones is 1. The summed E-state index contributed by atoms with van der Waals surface area (Å²) in [5.74, 6) is 0.792. The molecule has 2 nitrogen and oxygen atoms in total. The van der Waals surface area contributed by atoms with Gasteiger partial charge in [0.25, 0.3) is 0 Å². The van der Waals surface area contributed by atoms with E-state index in [4.69, 9.17) is 0 Å². The van der Waals surface area contributed by atoms with Crippen molar-refractivity contribution in [3.05, 3.63) is 0 Å². The summed E-state index contributed by atoms with van der Waals surface area (Å²) >= 11 is 0. The number of carbonyl (C=O) groups is 1. The fraction of sp³-hybridized carbons (Fsp3) is 0.889. The van der Waals surface area contributed by atoms with Gasteiger partial charge in [-0.15, -0.1) is 0 Å². The van der Waals surface area contributed by atoms with Crippen LogP contribution < -0.4 is 5.32 Å². The molecule has 0 amide bonds. The van der Waals surface area contributed by atoms with Crippen molar-refractivity contribution >= 4 is 5.78 Å². The van der Waals surface area contributed by atoms with Gasteiger partial charge >= 0.3 is 0 Å². The molecule has 1 N–H and O–H groups in total. The van der Waals surface area contributed by atoms with E-state index in [1.807, 2.05) is 0 Å². The first-order valence-corrected chi connectivity index (χ1v) is 4.58. The van der Waals surface area contributed by atoms with E-state index in [1.54, 1.807) is 0 Å². The molecule has 11 heavy (non-hydrogen) atoms. The Morgan fingerprint density at radius 1 is 1.55 bits per heavy atom. The van der Waals surface area contributed by atoms with Crippen LogP contribution in [0.1, 0.15) is 32.6 Å². The molecule has 0 aromatic carbocycles. The van der Waals surface area contributed by atoms with Gasteiger partial charge in [0.2, 0.25) is 0 Å². The van der Waals surface area contributed by atoms with Crippen molar-refractivity contribution in [2.45, 2.75) is 32.6 Å². The second kappa shape index (κ2) is 4.50. The lowest BCUT2D eigenvalue weighted by atomic mass is 9.88. The van der Waals surface area contributed by atoms with Crippen LogP contribution in [-0.2, 0) is 4.79 Å². The quantitative estimate of drug-likeness (QED) is 0.666. The van der Waals surface area contributed by atoms with E-state index in [9.17, 15) is 4.79 Å². The summed E-state index contributed by atoms with van der Waals surface area (Å²) in [5, 5.41) is 3.23. The molecule has 1 fully saturated rings. The highest BCUT2D eigenvalue weighted by atomic mass is 16.1. The lowest BCUT2D eigenvalue weighted by Crippen LogP contribution is -2.30. The third-order valence-electron chi connectivity index (χ3n) is 2.32. The van der Waals surface area contributed by atoms with Crippen LogP contribution in [-0.4, -0.2) is 18.9 Å². The number of nitrogens with one attached hydrogen (secondary N) is 1. The molecule has 0 saturated heterocycles. The normalized spacial score (nSPS) is 25.5. The number of hydrogen-bond donors (Lipinski definition) is 1. The first-order valence-electron chi connectivity index (χ1n) is 4.58. The molecule has 0 aromatic rings. The Morgan fingerprint density at radius 2 is 2.36 bits per heavy atom. The molecule has 0 unspecified atom stereocenters. The molecular formula is C9H17NO. The van der Waals surface area contributed by atoms with Crippen molar-refractivity contribution in [3.8, 4) is 0 Å². The highest BCUT2D eigenvalue weighted by Gasteiger charge is 2.20. The summed E-state index contributed by atoms with van der Waals surface area (Å²) < 4.78 is 0. The molecule has 64 valence electrons. The Labute approximate surface area is 68.4 Å². The maximum atomic E-state index is 11.3. The van der Waals surface area contributed by atoms with Crippen LogP contribution in [0.2, 0.25) is 0 Å². The van der Waals surface area contributed by atoms with Crippen molar-refractivity contribution in [3.63, 3.8) is 0 Å². The van der Waals surface area contributed by atoms with Gasteiger partial charge in [-0.1, -0.05) is 13.3 Å². The smallest absolute Gasteiger partial charge is 0.137 e. The Hall–Kier alpha value is -0.370. The highest BCUT2D eigenvalue weighted by molar-refractivity contribution is 5.81. The van der Waals surface area contributed by atoms with Crippen LogP contribution in [0, 0.1) is 5.92 Å². The Morgan fingerprint density at radius 3 is 3.00 bits per heavy atom. The van der Waals surface area contributed by atoms with Gasteiger partial charge in [0.05, 0.1) is 0 Å². The lowest BCUT2D eigenvalue weighted by Gasteiger charge is -2.20. The van der Waals surface area contributed by atoms with E-state index in [0.717, 1.165) is 32.4 Å². The van der Waals surface area contributed by atoms with Gasteiger partial charge in [-0.05, 0) is 19.4 Å². The van der Waals surface area contributed by atoms with Gasteiger partial charge in [-0.2, -0.15) is 0 Å². The Balaban J connectivity index is 2.24. The zero-order valence-electron chi connectivity index (χ0n) is 7.23. The second-order valence-corrected chi connectivity index (χ2v) is 3.22. The van der Waals surface area contributed by atoms with E-state index in [0.29, 0.717) is 11.7 Å². The van der Waals surface area contributed by atoms with Crippen LogP contribution in [0.5, 0.6) is 0 Å². The largest absolute Gasteiger partial charge is 0.316 e. The molecule has 0 aliphatic heterocycles. The molecule has 1 saturated carbocycles. The van der Waals surface area contributed by atoms with Gasteiger partial charge < -0.3 is 5.32 Å². The Kier molecular flexibility index (Phi) is 3.57. The predicted octanol–water partition coefficient (Wildman–Crippen LogP) is 1.36. The molecule has 0 bridgehead atoms. The molecule has 1 atom stereocenters. The van der Waals surface area contributed by atoms with E-state index < -0.39 is 0 Å². The molecule has 1 rings (SSSR count). The van der Waals surface area contributed by atoms with E-state index in [2.05, 4.69) is 12.2 Å².